The first kappa shape index (κ1) is 31.6. The number of aliphatic hydroxyl groups excluding tert-OH is 5. The molecule has 0 bridgehead atoms. The predicted molar refractivity (Wildman–Crippen MR) is 144 cm³/mol. The van der Waals surface area contributed by atoms with Gasteiger partial charge in [0.25, 0.3) is 0 Å². The molecule has 0 spiro atoms. The summed E-state index contributed by atoms with van der Waals surface area (Å²) in [5, 5.41) is 61.6. The van der Waals surface area contributed by atoms with Crippen LogP contribution in [0.2, 0.25) is 0 Å². The van der Waals surface area contributed by atoms with Gasteiger partial charge in [0.05, 0.1) is 25.9 Å². The van der Waals surface area contributed by atoms with Crippen LogP contribution in [0.15, 0.2) is 18.2 Å². The molecular formula is C27H42N4O9. The molecule has 1 saturated heterocycles. The SMILES string of the molecule is Cc1cc(OCCCNC(=O)N[C@@H](C)CO)ccc1Cc1c(O[C@@H]2O[C@H](CO)[C@@H](O)[C@H](O)[C@H]2O)n[nH]c1C(C)C. The third-order valence-corrected chi connectivity index (χ3v) is 6.72. The Kier molecular flexibility index (Phi) is 11.5. The van der Waals surface area contributed by atoms with Crippen LogP contribution in [0.3, 0.4) is 0 Å². The van der Waals surface area contributed by atoms with Crippen LogP contribution >= 0.6 is 0 Å². The van der Waals surface area contributed by atoms with Gasteiger partial charge in [-0.1, -0.05) is 19.9 Å². The smallest absolute Gasteiger partial charge is 0.315 e. The lowest BCUT2D eigenvalue weighted by atomic mass is 9.96. The number of aryl methyl sites for hydroxylation is 1. The molecule has 1 aromatic carbocycles. The number of nitrogens with one attached hydrogen (secondary N) is 3. The van der Waals surface area contributed by atoms with Gasteiger partial charge in [0, 0.05) is 24.2 Å². The van der Waals surface area contributed by atoms with E-state index in [9.17, 15) is 25.2 Å². The number of aliphatic hydroxyl groups is 5. The van der Waals surface area contributed by atoms with Crippen LogP contribution in [0.1, 0.15) is 55.5 Å². The van der Waals surface area contributed by atoms with Gasteiger partial charge in [0.2, 0.25) is 12.2 Å². The number of ether oxygens (including phenoxy) is 3. The molecule has 3 rings (SSSR count). The number of carbonyl (C=O) groups excluding carboxylic acids is 1. The summed E-state index contributed by atoms with van der Waals surface area (Å²) in [7, 11) is 0. The Morgan fingerprint density at radius 1 is 1.15 bits per heavy atom. The normalized spacial score (nSPS) is 23.6. The second-order valence-corrected chi connectivity index (χ2v) is 10.3. The van der Waals surface area contributed by atoms with Gasteiger partial charge in [-0.25, -0.2) is 4.79 Å². The number of rotatable bonds is 13. The Hall–Kier alpha value is -2.94. The molecule has 1 aliphatic rings. The van der Waals surface area contributed by atoms with Gasteiger partial charge in [-0.3, -0.25) is 5.10 Å². The molecule has 1 aliphatic heterocycles. The van der Waals surface area contributed by atoms with Gasteiger partial charge < -0.3 is 50.4 Å². The number of hydrogen-bond acceptors (Lipinski definition) is 10. The third kappa shape index (κ3) is 8.05. The highest BCUT2D eigenvalue weighted by Gasteiger charge is 2.45. The number of urea groups is 1. The van der Waals surface area contributed by atoms with E-state index in [1.165, 1.54) is 0 Å². The highest BCUT2D eigenvalue weighted by atomic mass is 16.7. The van der Waals surface area contributed by atoms with Crippen molar-refractivity contribution in [2.24, 2.45) is 0 Å². The molecule has 2 heterocycles. The van der Waals surface area contributed by atoms with Crippen molar-refractivity contribution in [3.63, 3.8) is 0 Å². The van der Waals surface area contributed by atoms with Crippen molar-refractivity contribution in [3.05, 3.63) is 40.6 Å². The maximum Gasteiger partial charge on any atom is 0.315 e. The van der Waals surface area contributed by atoms with Crippen LogP contribution in [0.25, 0.3) is 0 Å². The van der Waals surface area contributed by atoms with E-state index in [1.54, 1.807) is 6.92 Å². The summed E-state index contributed by atoms with van der Waals surface area (Å²) in [6.45, 7) is 7.83. The predicted octanol–water partition coefficient (Wildman–Crippen LogP) is 0.0599. The molecule has 0 radical (unpaired) electrons. The van der Waals surface area contributed by atoms with Crippen molar-refractivity contribution in [1.29, 1.82) is 0 Å². The molecule has 0 unspecified atom stereocenters. The van der Waals surface area contributed by atoms with E-state index in [0.717, 1.165) is 22.4 Å². The van der Waals surface area contributed by atoms with Crippen molar-refractivity contribution >= 4 is 6.03 Å². The van der Waals surface area contributed by atoms with Gasteiger partial charge in [-0.05, 0) is 49.4 Å². The van der Waals surface area contributed by atoms with E-state index >= 15 is 0 Å². The fraction of sp³-hybridized carbons (Fsp3) is 0.630. The summed E-state index contributed by atoms with van der Waals surface area (Å²) in [5.74, 6) is 0.964. The van der Waals surface area contributed by atoms with Gasteiger partial charge in [-0.2, -0.15) is 0 Å². The van der Waals surface area contributed by atoms with Crippen LogP contribution < -0.4 is 20.1 Å². The van der Waals surface area contributed by atoms with Crippen molar-refractivity contribution in [3.8, 4) is 11.6 Å². The lowest BCUT2D eigenvalue weighted by Crippen LogP contribution is -2.60. The van der Waals surface area contributed by atoms with E-state index in [-0.39, 0.29) is 30.5 Å². The molecule has 13 nitrogen and oxygen atoms in total. The number of hydrogen-bond donors (Lipinski definition) is 8. The summed E-state index contributed by atoms with van der Waals surface area (Å²) >= 11 is 0. The zero-order valence-electron chi connectivity index (χ0n) is 23.3. The van der Waals surface area contributed by atoms with Crippen LogP contribution in [-0.4, -0.2) is 105 Å². The van der Waals surface area contributed by atoms with Crippen molar-refractivity contribution < 1.29 is 44.5 Å². The number of benzene rings is 1. The minimum Gasteiger partial charge on any atom is -0.494 e. The molecule has 0 saturated carbocycles. The minimum absolute atomic E-state index is 0.0834. The fourth-order valence-electron chi connectivity index (χ4n) is 4.31. The molecule has 8 N–H and O–H groups in total. The minimum atomic E-state index is -1.56. The van der Waals surface area contributed by atoms with Crippen molar-refractivity contribution in [2.45, 2.75) is 83.2 Å². The largest absolute Gasteiger partial charge is 0.494 e. The number of nitrogens with zero attached hydrogens (tertiary/aromatic N) is 1. The number of carbonyl (C=O) groups is 1. The Labute approximate surface area is 233 Å². The van der Waals surface area contributed by atoms with E-state index in [4.69, 9.17) is 19.3 Å². The van der Waals surface area contributed by atoms with Crippen LogP contribution in [0.5, 0.6) is 11.6 Å². The van der Waals surface area contributed by atoms with E-state index in [0.29, 0.717) is 31.7 Å². The standard InChI is InChI=1S/C27H42N4O9/c1-14(2)21-19(25(31-30-21)40-26-24(36)23(35)22(34)20(13-33)39-26)11-17-6-7-18(10-15(17)3)38-9-5-8-28-27(37)29-16(4)12-32/h6-7,10,14,16,20,22-24,26,32-36H,5,8-9,11-13H2,1-4H3,(H,30,31)(H2,28,29,37)/t16-,20+,22+,23-,24+,26-/m0/s1. The van der Waals surface area contributed by atoms with Crippen LogP contribution in [0.4, 0.5) is 4.79 Å². The van der Waals surface area contributed by atoms with E-state index in [1.807, 2.05) is 39.0 Å². The highest BCUT2D eigenvalue weighted by molar-refractivity contribution is 5.74. The summed E-state index contributed by atoms with van der Waals surface area (Å²) in [6, 6.07) is 5.08. The van der Waals surface area contributed by atoms with Crippen molar-refractivity contribution in [2.75, 3.05) is 26.4 Å². The van der Waals surface area contributed by atoms with Crippen LogP contribution in [0, 0.1) is 6.92 Å². The first-order valence-corrected chi connectivity index (χ1v) is 13.5. The molecule has 13 heteroatoms. The number of amides is 2. The molecule has 40 heavy (non-hydrogen) atoms. The Bertz CT molecular complexity index is 1090. The molecule has 1 fully saturated rings. The zero-order valence-corrected chi connectivity index (χ0v) is 23.3. The molecule has 224 valence electrons. The zero-order chi connectivity index (χ0) is 29.4. The lowest BCUT2D eigenvalue weighted by molar-refractivity contribution is -0.278. The van der Waals surface area contributed by atoms with Gasteiger partial charge in [0.1, 0.15) is 30.2 Å². The maximum atomic E-state index is 11.7. The second-order valence-electron chi connectivity index (χ2n) is 10.3. The first-order valence-electron chi connectivity index (χ1n) is 13.5. The van der Waals surface area contributed by atoms with E-state index in [2.05, 4.69) is 20.8 Å². The molecule has 2 amide bonds. The summed E-state index contributed by atoms with van der Waals surface area (Å²) in [6.07, 6.45) is -5.95. The number of aromatic amines is 1. The lowest BCUT2D eigenvalue weighted by Gasteiger charge is -2.39. The topological polar surface area (TPSA) is 199 Å². The second kappa shape index (κ2) is 14.6. The Balaban J connectivity index is 1.63. The monoisotopic (exact) mass is 566 g/mol. The molecule has 6 atom stereocenters. The Morgan fingerprint density at radius 2 is 1.90 bits per heavy atom. The first-order chi connectivity index (χ1) is 19.0. The third-order valence-electron chi connectivity index (χ3n) is 6.72. The number of aromatic nitrogens is 2. The quantitative estimate of drug-likeness (QED) is 0.153. The number of H-pyrrole nitrogens is 1. The van der Waals surface area contributed by atoms with Gasteiger partial charge in [-0.15, -0.1) is 5.10 Å². The maximum absolute atomic E-state index is 11.7. The molecular weight excluding hydrogens is 524 g/mol. The van der Waals surface area contributed by atoms with Crippen LogP contribution in [-0.2, 0) is 11.2 Å². The average Bonchev–Trinajstić information content (AvgIpc) is 3.32. The van der Waals surface area contributed by atoms with Gasteiger partial charge >= 0.3 is 6.03 Å². The summed E-state index contributed by atoms with van der Waals surface area (Å²) < 4.78 is 17.2. The average molecular weight is 567 g/mol. The Morgan fingerprint density at radius 3 is 2.55 bits per heavy atom. The fourth-order valence-corrected chi connectivity index (χ4v) is 4.31. The summed E-state index contributed by atoms with van der Waals surface area (Å²) in [4.78, 5) is 11.7. The van der Waals surface area contributed by atoms with E-state index < -0.39 is 37.3 Å². The molecule has 1 aromatic heterocycles. The summed E-state index contributed by atoms with van der Waals surface area (Å²) in [5.41, 5.74) is 3.56. The van der Waals surface area contributed by atoms with Crippen molar-refractivity contribution in [1.82, 2.24) is 20.8 Å². The highest BCUT2D eigenvalue weighted by Crippen LogP contribution is 2.32. The van der Waals surface area contributed by atoms with Gasteiger partial charge in [0.15, 0.2) is 0 Å². The molecule has 0 aliphatic carbocycles. The molecule has 2 aromatic rings.